The first-order chi connectivity index (χ1) is 10.3. The van der Waals surface area contributed by atoms with Crippen LogP contribution in [-0.4, -0.2) is 26.0 Å². The molecule has 2 aromatic rings. The second kappa shape index (κ2) is 6.43. The van der Waals surface area contributed by atoms with Gasteiger partial charge in [0.15, 0.2) is 0 Å². The van der Waals surface area contributed by atoms with Gasteiger partial charge in [-0.05, 0) is 27.7 Å². The molecule has 22 heavy (non-hydrogen) atoms. The van der Waals surface area contributed by atoms with Gasteiger partial charge in [-0.1, -0.05) is 25.2 Å². The van der Waals surface area contributed by atoms with Crippen molar-refractivity contribution in [3.8, 4) is 0 Å². The van der Waals surface area contributed by atoms with Crippen molar-refractivity contribution in [1.29, 1.82) is 0 Å². The van der Waals surface area contributed by atoms with Gasteiger partial charge in [0.05, 0.1) is 17.1 Å². The van der Waals surface area contributed by atoms with E-state index in [4.69, 9.17) is 0 Å². The number of anilines is 2. The van der Waals surface area contributed by atoms with Crippen molar-refractivity contribution in [2.24, 2.45) is 0 Å². The highest BCUT2D eigenvalue weighted by atomic mass is 32.1. The normalized spacial score (nSPS) is 11.3. The minimum absolute atomic E-state index is 0.245. The molecule has 2 amide bonds. The first-order valence-electron chi connectivity index (χ1n) is 7.26. The number of hydrogen-bond acceptors (Lipinski definition) is 5. The van der Waals surface area contributed by atoms with Crippen molar-refractivity contribution in [3.05, 3.63) is 16.4 Å². The molecule has 120 valence electrons. The average molecular weight is 322 g/mol. The van der Waals surface area contributed by atoms with E-state index >= 15 is 0 Å². The van der Waals surface area contributed by atoms with Gasteiger partial charge < -0.3 is 5.32 Å². The zero-order valence-corrected chi connectivity index (χ0v) is 14.6. The van der Waals surface area contributed by atoms with E-state index in [1.165, 1.54) is 11.3 Å². The number of nitrogens with one attached hydrogen (secondary N) is 2. The SMILES string of the molecule is Cc1nn(C(C)C)c(C)c1NC(=O)Nc1nnc(C(C)C)s1. The van der Waals surface area contributed by atoms with Crippen LogP contribution in [0, 0.1) is 13.8 Å². The van der Waals surface area contributed by atoms with Crippen molar-refractivity contribution in [2.75, 3.05) is 10.6 Å². The van der Waals surface area contributed by atoms with Gasteiger partial charge in [-0.25, -0.2) is 4.79 Å². The lowest BCUT2D eigenvalue weighted by Crippen LogP contribution is -2.20. The Bertz CT molecular complexity index is 673. The third kappa shape index (κ3) is 3.44. The molecule has 0 atom stereocenters. The molecule has 0 bridgehead atoms. The Morgan fingerprint density at radius 2 is 1.82 bits per heavy atom. The van der Waals surface area contributed by atoms with Crippen molar-refractivity contribution in [3.63, 3.8) is 0 Å². The molecule has 0 saturated carbocycles. The van der Waals surface area contributed by atoms with Crippen LogP contribution < -0.4 is 10.6 Å². The van der Waals surface area contributed by atoms with E-state index < -0.39 is 0 Å². The molecule has 0 unspecified atom stereocenters. The number of rotatable bonds is 4. The summed E-state index contributed by atoms with van der Waals surface area (Å²) in [5.74, 6) is 0.296. The third-order valence-electron chi connectivity index (χ3n) is 3.21. The Balaban J connectivity index is 2.09. The number of carbonyl (C=O) groups is 1. The molecule has 0 fully saturated rings. The topological polar surface area (TPSA) is 84.7 Å². The first kappa shape index (κ1) is 16.4. The van der Waals surface area contributed by atoms with E-state index in [1.54, 1.807) is 0 Å². The number of urea groups is 1. The van der Waals surface area contributed by atoms with Crippen LogP contribution in [0.1, 0.15) is 56.1 Å². The predicted molar refractivity (Wildman–Crippen MR) is 88.7 cm³/mol. The first-order valence-corrected chi connectivity index (χ1v) is 8.08. The van der Waals surface area contributed by atoms with Gasteiger partial charge in [-0.2, -0.15) is 5.10 Å². The quantitative estimate of drug-likeness (QED) is 0.899. The Hall–Kier alpha value is -1.96. The van der Waals surface area contributed by atoms with Gasteiger partial charge in [-0.15, -0.1) is 10.2 Å². The van der Waals surface area contributed by atoms with Gasteiger partial charge in [0.1, 0.15) is 5.01 Å². The predicted octanol–water partition coefficient (Wildman–Crippen LogP) is 3.70. The minimum Gasteiger partial charge on any atom is -0.304 e. The van der Waals surface area contributed by atoms with Crippen LogP contribution in [-0.2, 0) is 0 Å². The molecule has 2 aromatic heterocycles. The Labute approximate surface area is 134 Å². The summed E-state index contributed by atoms with van der Waals surface area (Å²) in [4.78, 5) is 12.1. The van der Waals surface area contributed by atoms with Gasteiger partial charge in [-0.3, -0.25) is 10.00 Å². The van der Waals surface area contributed by atoms with E-state index in [-0.39, 0.29) is 12.1 Å². The summed E-state index contributed by atoms with van der Waals surface area (Å²) >= 11 is 1.38. The van der Waals surface area contributed by atoms with Crippen molar-refractivity contribution in [1.82, 2.24) is 20.0 Å². The number of amides is 2. The van der Waals surface area contributed by atoms with Crippen molar-refractivity contribution < 1.29 is 4.79 Å². The number of nitrogens with zero attached hydrogens (tertiary/aromatic N) is 4. The molecule has 2 rings (SSSR count). The van der Waals surface area contributed by atoms with Gasteiger partial charge in [0.2, 0.25) is 5.13 Å². The second-order valence-electron chi connectivity index (χ2n) is 5.76. The zero-order chi connectivity index (χ0) is 16.4. The molecule has 2 heterocycles. The van der Waals surface area contributed by atoms with Crippen LogP contribution in [0.2, 0.25) is 0 Å². The van der Waals surface area contributed by atoms with E-state index in [2.05, 4.69) is 39.8 Å². The molecular weight excluding hydrogens is 300 g/mol. The summed E-state index contributed by atoms with van der Waals surface area (Å²) in [5.41, 5.74) is 2.46. The lowest BCUT2D eigenvalue weighted by atomic mass is 10.2. The summed E-state index contributed by atoms with van der Waals surface area (Å²) in [5, 5.41) is 19.4. The second-order valence-corrected chi connectivity index (χ2v) is 6.77. The highest BCUT2D eigenvalue weighted by molar-refractivity contribution is 7.15. The zero-order valence-electron chi connectivity index (χ0n) is 13.8. The van der Waals surface area contributed by atoms with E-state index in [0.29, 0.717) is 11.0 Å². The maximum absolute atomic E-state index is 12.1. The van der Waals surface area contributed by atoms with Crippen LogP contribution in [0.5, 0.6) is 0 Å². The number of carbonyl (C=O) groups excluding carboxylic acids is 1. The summed E-state index contributed by atoms with van der Waals surface area (Å²) in [7, 11) is 0. The van der Waals surface area contributed by atoms with E-state index in [1.807, 2.05) is 32.4 Å². The molecule has 7 nitrogen and oxygen atoms in total. The monoisotopic (exact) mass is 322 g/mol. The Kier molecular flexibility index (Phi) is 4.80. The number of aromatic nitrogens is 4. The maximum Gasteiger partial charge on any atom is 0.325 e. The van der Waals surface area contributed by atoms with Gasteiger partial charge in [0, 0.05) is 12.0 Å². The molecular formula is C14H22N6OS. The molecule has 0 aliphatic rings. The summed E-state index contributed by atoms with van der Waals surface area (Å²) in [6.07, 6.45) is 0. The van der Waals surface area contributed by atoms with E-state index in [0.717, 1.165) is 22.1 Å². The van der Waals surface area contributed by atoms with Gasteiger partial charge in [0.25, 0.3) is 0 Å². The largest absolute Gasteiger partial charge is 0.325 e. The maximum atomic E-state index is 12.1. The molecule has 2 N–H and O–H groups in total. The molecule has 0 aromatic carbocycles. The highest BCUT2D eigenvalue weighted by Gasteiger charge is 2.17. The molecule has 8 heteroatoms. The van der Waals surface area contributed by atoms with Crippen LogP contribution in [0.15, 0.2) is 0 Å². The Morgan fingerprint density at radius 1 is 1.14 bits per heavy atom. The molecule has 0 radical (unpaired) electrons. The lowest BCUT2D eigenvalue weighted by Gasteiger charge is -2.09. The van der Waals surface area contributed by atoms with Crippen LogP contribution in [0.3, 0.4) is 0 Å². The lowest BCUT2D eigenvalue weighted by molar-refractivity contribution is 0.262. The van der Waals surface area contributed by atoms with Gasteiger partial charge >= 0.3 is 6.03 Å². The van der Waals surface area contributed by atoms with Crippen LogP contribution in [0.4, 0.5) is 15.6 Å². The summed E-state index contributed by atoms with van der Waals surface area (Å²) in [6.45, 7) is 12.0. The standard InChI is InChI=1S/C14H22N6OS/c1-7(2)12-17-18-14(22-12)16-13(21)15-11-9(5)19-20(8(3)4)10(11)6/h7-8H,1-6H3,(H2,15,16,18,21). The molecule has 0 spiro atoms. The fraction of sp³-hybridized carbons (Fsp3) is 0.571. The third-order valence-corrected chi connectivity index (χ3v) is 4.35. The Morgan fingerprint density at radius 3 is 2.32 bits per heavy atom. The minimum atomic E-state index is -0.332. The fourth-order valence-corrected chi connectivity index (χ4v) is 2.85. The summed E-state index contributed by atoms with van der Waals surface area (Å²) in [6, 6.07) is -0.0879. The number of hydrogen-bond donors (Lipinski definition) is 2. The van der Waals surface area contributed by atoms with Crippen molar-refractivity contribution in [2.45, 2.75) is 53.5 Å². The molecule has 0 aliphatic heterocycles. The summed E-state index contributed by atoms with van der Waals surface area (Å²) < 4.78 is 1.90. The van der Waals surface area contributed by atoms with Crippen molar-refractivity contribution >= 4 is 28.2 Å². The number of aryl methyl sites for hydroxylation is 1. The smallest absolute Gasteiger partial charge is 0.304 e. The van der Waals surface area contributed by atoms with E-state index in [9.17, 15) is 4.79 Å². The molecule has 0 aliphatic carbocycles. The fourth-order valence-electron chi connectivity index (χ4n) is 2.11. The van der Waals surface area contributed by atoms with Crippen LogP contribution in [0.25, 0.3) is 0 Å². The van der Waals surface area contributed by atoms with Crippen LogP contribution >= 0.6 is 11.3 Å². The highest BCUT2D eigenvalue weighted by Crippen LogP contribution is 2.24. The average Bonchev–Trinajstić information content (AvgIpc) is 2.98. The molecule has 0 saturated heterocycles.